The number of amides is 1. The number of carbonyl (C=O) groups is 3. The molecule has 6 N–H and O–H groups in total. The lowest BCUT2D eigenvalue weighted by Gasteiger charge is -2.39. The number of hydrogen-bond acceptors (Lipinski definition) is 17. The molecule has 2 fully saturated rings. The minimum Gasteiger partial charge on any atom is -0.508 e. The average Bonchev–Trinajstić information content (AvgIpc) is 4.19. The van der Waals surface area contributed by atoms with E-state index in [9.17, 15) is 49.6 Å². The molecule has 19 nitrogen and oxygen atoms in total. The van der Waals surface area contributed by atoms with Crippen LogP contribution in [0.25, 0.3) is 22.2 Å². The average molecular weight is 1040 g/mol. The minimum atomic E-state index is -2.07. The number of ether oxygens (including phenoxy) is 4. The zero-order chi connectivity index (χ0) is 54.7. The lowest BCUT2D eigenvalue weighted by molar-refractivity contribution is -0.160. The molecular formula is C55H64FN5O14. The fraction of sp³-hybridized carbons (Fsp3) is 0.455. The van der Waals surface area contributed by atoms with Crippen LogP contribution in [-0.4, -0.2) is 111 Å². The summed E-state index contributed by atoms with van der Waals surface area (Å²) >= 11 is 0. The number of anilines is 3. The van der Waals surface area contributed by atoms with Crippen LogP contribution in [0.1, 0.15) is 95.8 Å². The van der Waals surface area contributed by atoms with Crippen LogP contribution in [0.15, 0.2) is 88.0 Å². The number of halogens is 1. The summed E-state index contributed by atoms with van der Waals surface area (Å²) in [5, 5.41) is 64.5. The number of phenols is 2. The standard InChI is InChI=1S/C55H64FN5O14/c1-25-12-11-13-26(2)54(70)57-43-44(60-19-17-59(18-20-60)38-23-37-34(22-36(38)56)48(67)35(31(7)62)24-61(37)33-14-15-33)50(69)40-41(49(43)68)47(66)30(6)52-42(40)53(58-71)55(9,75-52)73-21-16-39(72-10)27(3)51(74-32(8)63)29(5)46(65)28(4)45(25)64/h11-13,16,21-25,27-29,33,39,45-46,51,62,64-65,68-69H,7,14-15,17-20H2,1-6,8-10H3,(H,57,70)/b12-11+,21-16+,26-13-/t25-,27+,28+,29+,39-,45-,46+,51+,55-/m0/s1. The molecule has 400 valence electrons. The highest BCUT2D eigenvalue weighted by Gasteiger charge is 2.52. The number of nitrogens with one attached hydrogen (secondary N) is 1. The van der Waals surface area contributed by atoms with Gasteiger partial charge in [0.05, 0.1) is 52.5 Å². The van der Waals surface area contributed by atoms with Gasteiger partial charge in [-0.05, 0) is 50.1 Å². The van der Waals surface area contributed by atoms with Crippen LogP contribution in [0.5, 0.6) is 11.5 Å². The number of fused-ring (bicyclic) bond motifs is 15. The quantitative estimate of drug-likeness (QED) is 0.0437. The predicted octanol–water partition coefficient (Wildman–Crippen LogP) is 7.63. The third-order valence-corrected chi connectivity index (χ3v) is 15.4. The summed E-state index contributed by atoms with van der Waals surface area (Å²) in [6.45, 7) is 16.1. The van der Waals surface area contributed by atoms with Gasteiger partial charge in [-0.15, -0.1) is 4.91 Å². The number of aromatic nitrogens is 1. The van der Waals surface area contributed by atoms with Gasteiger partial charge in [-0.25, -0.2) is 4.39 Å². The Morgan fingerprint density at radius 3 is 2.23 bits per heavy atom. The van der Waals surface area contributed by atoms with E-state index in [2.05, 4.69) is 17.1 Å². The van der Waals surface area contributed by atoms with E-state index in [0.29, 0.717) is 5.52 Å². The Balaban J connectivity index is 1.24. The maximum atomic E-state index is 16.2. The first-order valence-corrected chi connectivity index (χ1v) is 24.9. The fourth-order valence-corrected chi connectivity index (χ4v) is 10.8. The van der Waals surface area contributed by atoms with Crippen LogP contribution in [0.3, 0.4) is 0 Å². The zero-order valence-electron chi connectivity index (χ0n) is 43.3. The lowest BCUT2D eigenvalue weighted by Crippen LogP contribution is -2.47. The van der Waals surface area contributed by atoms with E-state index in [-0.39, 0.29) is 88.3 Å². The first-order chi connectivity index (χ1) is 35.5. The SMILES string of the molecule is C=C(O)c1cn(C2CC2)c2cc(N3CCN(c4c(O)c5c6c(O)c4NC(=O)/C(C)=C\C=C\[C@H](C)[C@H](O)[C@@H](C)[C@@H](O)[C@@H](C)[C@H](OC(C)=O)[C@H](C)[C@@H](OC)/C=C/O[C@@]4(C)OC(=C(C)C6=O)C5=C4N=O)CC3)c(F)cc2c1=O. The third kappa shape index (κ3) is 9.70. The molecular weight excluding hydrogens is 974 g/mol. The highest BCUT2D eigenvalue weighted by atomic mass is 19.1. The number of rotatable bonds is 7. The van der Waals surface area contributed by atoms with Crippen molar-refractivity contribution >= 4 is 57.0 Å². The van der Waals surface area contributed by atoms with E-state index < -0.39 is 111 Å². The molecule has 0 spiro atoms. The monoisotopic (exact) mass is 1040 g/mol. The molecule has 0 radical (unpaired) electrons. The summed E-state index contributed by atoms with van der Waals surface area (Å²) in [7, 11) is 1.41. The smallest absolute Gasteiger partial charge is 0.302 e. The number of methoxy groups -OCH3 is 1. The van der Waals surface area contributed by atoms with E-state index >= 15 is 4.39 Å². The van der Waals surface area contributed by atoms with Crippen molar-refractivity contribution in [3.8, 4) is 11.5 Å². The van der Waals surface area contributed by atoms with Crippen molar-refractivity contribution in [1.29, 1.82) is 0 Å². The maximum absolute atomic E-state index is 16.2. The molecule has 5 heterocycles. The van der Waals surface area contributed by atoms with Crippen molar-refractivity contribution in [3.05, 3.63) is 116 Å². The number of piperazine rings is 1. The van der Waals surface area contributed by atoms with Crippen molar-refractivity contribution in [3.63, 3.8) is 0 Å². The molecule has 5 bridgehead atoms. The number of nitroso groups, excluding NO2 is 1. The zero-order valence-corrected chi connectivity index (χ0v) is 43.3. The van der Waals surface area contributed by atoms with Crippen molar-refractivity contribution < 1.29 is 63.3 Å². The number of Topliss-reactive ketones (excluding diaryl/α,β-unsaturated/α-hetero) is 1. The van der Waals surface area contributed by atoms with Crippen LogP contribution in [-0.2, 0) is 28.5 Å². The summed E-state index contributed by atoms with van der Waals surface area (Å²) in [5.41, 5.74) is -1.81. The van der Waals surface area contributed by atoms with Crippen molar-refractivity contribution in [2.45, 2.75) is 104 Å². The van der Waals surface area contributed by atoms with Gasteiger partial charge >= 0.3 is 5.97 Å². The van der Waals surface area contributed by atoms with Gasteiger partial charge in [-0.1, -0.05) is 52.5 Å². The summed E-state index contributed by atoms with van der Waals surface area (Å²) in [4.78, 5) is 71.1. The molecule has 6 aliphatic rings. The molecule has 75 heavy (non-hydrogen) atoms. The lowest BCUT2D eigenvalue weighted by atomic mass is 9.78. The number of carbonyl (C=O) groups excluding carboxylic acids is 3. The van der Waals surface area contributed by atoms with Gasteiger partial charge in [-0.2, -0.15) is 0 Å². The van der Waals surface area contributed by atoms with Crippen molar-refractivity contribution in [2.75, 3.05) is 48.4 Å². The molecule has 1 amide bonds. The molecule has 2 aromatic carbocycles. The largest absolute Gasteiger partial charge is 0.508 e. The second kappa shape index (κ2) is 20.8. The number of aromatic hydroxyl groups is 2. The van der Waals surface area contributed by atoms with Crippen molar-refractivity contribution in [1.82, 2.24) is 4.57 Å². The second-order valence-corrected chi connectivity index (χ2v) is 20.4. The topological polar surface area (TPSA) is 259 Å². The van der Waals surface area contributed by atoms with Gasteiger partial charge in [0, 0.05) is 105 Å². The van der Waals surface area contributed by atoms with E-state index in [1.165, 1.54) is 59.4 Å². The molecule has 1 aromatic heterocycles. The summed E-state index contributed by atoms with van der Waals surface area (Å²) in [5.74, 6) is -9.66. The van der Waals surface area contributed by atoms with Crippen LogP contribution in [0, 0.1) is 34.4 Å². The highest BCUT2D eigenvalue weighted by molar-refractivity contribution is 6.22. The van der Waals surface area contributed by atoms with Crippen LogP contribution in [0.2, 0.25) is 0 Å². The van der Waals surface area contributed by atoms with Crippen LogP contribution in [0.4, 0.5) is 21.5 Å². The first kappa shape index (κ1) is 54.0. The number of phenolic OH excluding ortho intramolecular Hbond substituents is 2. The van der Waals surface area contributed by atoms with Gasteiger partial charge in [0.2, 0.25) is 0 Å². The number of benzene rings is 2. The van der Waals surface area contributed by atoms with E-state index in [0.717, 1.165) is 18.9 Å². The summed E-state index contributed by atoms with van der Waals surface area (Å²) in [6.07, 6.45) is 6.36. The van der Waals surface area contributed by atoms with Crippen molar-refractivity contribution in [2.24, 2.45) is 28.8 Å². The van der Waals surface area contributed by atoms with Crippen LogP contribution >= 0.6 is 0 Å². The van der Waals surface area contributed by atoms with Gasteiger partial charge in [-0.3, -0.25) is 19.2 Å². The molecule has 9 atom stereocenters. The Labute approximate surface area is 432 Å². The van der Waals surface area contributed by atoms with Gasteiger partial charge in [0.15, 0.2) is 22.7 Å². The molecule has 9 rings (SSSR count). The van der Waals surface area contributed by atoms with Gasteiger partial charge in [0.25, 0.3) is 11.7 Å². The molecule has 0 unspecified atom stereocenters. The highest BCUT2D eigenvalue weighted by Crippen LogP contribution is 2.58. The summed E-state index contributed by atoms with van der Waals surface area (Å²) < 4.78 is 42.1. The van der Waals surface area contributed by atoms with Crippen LogP contribution < -0.4 is 20.5 Å². The van der Waals surface area contributed by atoms with E-state index in [1.807, 2.05) is 4.57 Å². The Morgan fingerprint density at radius 2 is 1.61 bits per heavy atom. The van der Waals surface area contributed by atoms with Gasteiger partial charge in [0.1, 0.15) is 40.6 Å². The Hall–Kier alpha value is -7.29. The Bertz CT molecular complexity index is 3110. The van der Waals surface area contributed by atoms with E-state index in [4.69, 9.17) is 18.9 Å². The van der Waals surface area contributed by atoms with Gasteiger partial charge < -0.3 is 64.2 Å². The number of pyridine rings is 1. The maximum Gasteiger partial charge on any atom is 0.302 e. The number of allylic oxidation sites excluding steroid dienone is 4. The molecule has 20 heteroatoms. The normalized spacial score (nSPS) is 29.3. The number of esters is 1. The Morgan fingerprint density at radius 1 is 0.947 bits per heavy atom. The number of aliphatic hydroxyl groups is 3. The minimum absolute atomic E-state index is 0.0265. The number of ketones is 1. The molecule has 1 saturated heterocycles. The predicted molar refractivity (Wildman–Crippen MR) is 278 cm³/mol. The molecule has 1 saturated carbocycles. The molecule has 4 aliphatic heterocycles. The molecule has 3 aromatic rings. The third-order valence-electron chi connectivity index (χ3n) is 15.4. The first-order valence-electron chi connectivity index (χ1n) is 24.9. The van der Waals surface area contributed by atoms with E-state index in [1.54, 1.807) is 55.7 Å². The Kier molecular flexibility index (Phi) is 15.0. The number of aliphatic hydroxyl groups excluding tert-OH is 3. The number of nitrogens with zero attached hydrogens (tertiary/aromatic N) is 4. The molecule has 2 aliphatic carbocycles. The fourth-order valence-electron chi connectivity index (χ4n) is 10.8. The summed E-state index contributed by atoms with van der Waals surface area (Å²) in [6, 6.07) is 2.77. The second-order valence-electron chi connectivity index (χ2n) is 20.4. The number of hydrogen-bond donors (Lipinski definition) is 6.